The van der Waals surface area contributed by atoms with Gasteiger partial charge in [0.1, 0.15) is 17.1 Å². The molecule has 1 aromatic carbocycles. The molecule has 4 N–H and O–H groups in total. The Morgan fingerprint density at radius 1 is 1.32 bits per heavy atom. The van der Waals surface area contributed by atoms with Crippen molar-refractivity contribution < 1.29 is 13.9 Å². The fourth-order valence-corrected chi connectivity index (χ4v) is 2.14. The molecule has 0 atom stereocenters. The zero-order chi connectivity index (χ0) is 18.6. The number of aromatic nitrogens is 1. The molecule has 0 aliphatic rings. The predicted molar refractivity (Wildman–Crippen MR) is 100 cm³/mol. The lowest BCUT2D eigenvalue weighted by molar-refractivity contribution is 0.0523. The summed E-state index contributed by atoms with van der Waals surface area (Å²) in [7, 11) is 0. The maximum atomic E-state index is 11.7. The molecule has 0 aliphatic heterocycles. The fourth-order valence-electron chi connectivity index (χ4n) is 2.02. The standard InChI is InChI=1S/C17H22N4O3S/c1-10-13(9-19-16(22)24-17(2,3)4)21-14(23-10)11-5-7-12(8-6-11)20-15(18)25/h5-8H,9H2,1-4H3,(H,19,22)(H3,18,20,25). The molecule has 134 valence electrons. The molecule has 0 spiro atoms. The van der Waals surface area contributed by atoms with Gasteiger partial charge in [0.2, 0.25) is 5.89 Å². The zero-order valence-corrected chi connectivity index (χ0v) is 15.5. The predicted octanol–water partition coefficient (Wildman–Crippen LogP) is 3.33. The van der Waals surface area contributed by atoms with Crippen LogP contribution in [0.3, 0.4) is 0 Å². The zero-order valence-electron chi connectivity index (χ0n) is 14.7. The first kappa shape index (κ1) is 18.7. The summed E-state index contributed by atoms with van der Waals surface area (Å²) in [5.41, 5.74) is 7.13. The van der Waals surface area contributed by atoms with E-state index < -0.39 is 11.7 Å². The Bertz CT molecular complexity index is 763. The Hall–Kier alpha value is -2.61. The number of thiocarbonyl (C=S) groups is 1. The van der Waals surface area contributed by atoms with E-state index in [1.165, 1.54) is 0 Å². The quantitative estimate of drug-likeness (QED) is 0.717. The number of hydrogen-bond acceptors (Lipinski definition) is 5. The molecule has 25 heavy (non-hydrogen) atoms. The van der Waals surface area contributed by atoms with E-state index in [9.17, 15) is 4.79 Å². The van der Waals surface area contributed by atoms with E-state index in [-0.39, 0.29) is 11.7 Å². The normalized spacial score (nSPS) is 11.0. The summed E-state index contributed by atoms with van der Waals surface area (Å²) < 4.78 is 10.9. The molecular formula is C17H22N4O3S. The van der Waals surface area contributed by atoms with Crippen LogP contribution in [0.2, 0.25) is 0 Å². The van der Waals surface area contributed by atoms with Crippen LogP contribution in [-0.2, 0) is 11.3 Å². The second-order valence-corrected chi connectivity index (χ2v) is 6.88. The molecule has 1 amide bonds. The van der Waals surface area contributed by atoms with Crippen molar-refractivity contribution in [3.63, 3.8) is 0 Å². The van der Waals surface area contributed by atoms with Crippen molar-refractivity contribution in [3.8, 4) is 11.5 Å². The molecule has 0 bridgehead atoms. The van der Waals surface area contributed by atoms with Gasteiger partial charge in [-0.25, -0.2) is 9.78 Å². The first-order valence-corrected chi connectivity index (χ1v) is 8.15. The summed E-state index contributed by atoms with van der Waals surface area (Å²) in [6.45, 7) is 7.45. The minimum Gasteiger partial charge on any atom is -0.444 e. The second kappa shape index (κ2) is 7.52. The number of rotatable bonds is 4. The van der Waals surface area contributed by atoms with Gasteiger partial charge in [-0.3, -0.25) is 0 Å². The minimum absolute atomic E-state index is 0.204. The number of ether oxygens (including phenoxy) is 1. The lowest BCUT2D eigenvalue weighted by atomic mass is 10.2. The Kier molecular flexibility index (Phi) is 5.63. The molecular weight excluding hydrogens is 340 g/mol. The van der Waals surface area contributed by atoms with Crippen molar-refractivity contribution in [2.75, 3.05) is 5.32 Å². The molecule has 2 aromatic rings. The number of benzene rings is 1. The van der Waals surface area contributed by atoms with Crippen molar-refractivity contribution in [1.82, 2.24) is 10.3 Å². The first-order valence-electron chi connectivity index (χ1n) is 7.74. The number of anilines is 1. The molecule has 0 fully saturated rings. The van der Waals surface area contributed by atoms with Crippen LogP contribution in [-0.4, -0.2) is 21.8 Å². The van der Waals surface area contributed by atoms with Gasteiger partial charge in [0.25, 0.3) is 0 Å². The highest BCUT2D eigenvalue weighted by atomic mass is 32.1. The van der Waals surface area contributed by atoms with Crippen LogP contribution in [0, 0.1) is 6.92 Å². The van der Waals surface area contributed by atoms with Gasteiger partial charge >= 0.3 is 6.09 Å². The van der Waals surface area contributed by atoms with Gasteiger partial charge in [0.15, 0.2) is 5.11 Å². The minimum atomic E-state index is -0.546. The van der Waals surface area contributed by atoms with E-state index in [0.29, 0.717) is 17.3 Å². The maximum absolute atomic E-state index is 11.7. The number of oxazole rings is 1. The molecule has 0 saturated carbocycles. The lowest BCUT2D eigenvalue weighted by Gasteiger charge is -2.19. The van der Waals surface area contributed by atoms with Crippen LogP contribution in [0.15, 0.2) is 28.7 Å². The topological polar surface area (TPSA) is 102 Å². The van der Waals surface area contributed by atoms with Crippen molar-refractivity contribution in [2.24, 2.45) is 5.73 Å². The molecule has 8 heteroatoms. The summed E-state index contributed by atoms with van der Waals surface area (Å²) in [5.74, 6) is 1.11. The monoisotopic (exact) mass is 362 g/mol. The third-order valence-electron chi connectivity index (χ3n) is 3.09. The SMILES string of the molecule is Cc1oc(-c2ccc(NC(N)=S)cc2)nc1CNC(=O)OC(C)(C)C. The number of amides is 1. The van der Waals surface area contributed by atoms with Crippen molar-refractivity contribution >= 4 is 29.1 Å². The van der Waals surface area contributed by atoms with Crippen LogP contribution < -0.4 is 16.4 Å². The van der Waals surface area contributed by atoms with E-state index >= 15 is 0 Å². The van der Waals surface area contributed by atoms with Crippen molar-refractivity contribution in [1.29, 1.82) is 0 Å². The summed E-state index contributed by atoms with van der Waals surface area (Å²) in [5, 5.41) is 5.72. The number of nitrogens with zero attached hydrogens (tertiary/aromatic N) is 1. The highest BCUT2D eigenvalue weighted by Crippen LogP contribution is 2.23. The number of nitrogens with one attached hydrogen (secondary N) is 2. The van der Waals surface area contributed by atoms with Crippen LogP contribution in [0.25, 0.3) is 11.5 Å². The molecule has 2 rings (SSSR count). The summed E-state index contributed by atoms with van der Waals surface area (Å²) >= 11 is 4.80. The van der Waals surface area contributed by atoms with Gasteiger partial charge in [-0.05, 0) is 64.2 Å². The van der Waals surface area contributed by atoms with Crippen LogP contribution in [0.5, 0.6) is 0 Å². The van der Waals surface area contributed by atoms with E-state index in [4.69, 9.17) is 27.1 Å². The van der Waals surface area contributed by atoms with Crippen LogP contribution in [0.4, 0.5) is 10.5 Å². The van der Waals surface area contributed by atoms with E-state index in [2.05, 4.69) is 15.6 Å². The summed E-state index contributed by atoms with van der Waals surface area (Å²) in [6, 6.07) is 7.34. The fraction of sp³-hybridized carbons (Fsp3) is 0.353. The number of carbonyl (C=O) groups excluding carboxylic acids is 1. The van der Waals surface area contributed by atoms with Gasteiger partial charge in [0.05, 0.1) is 6.54 Å². The van der Waals surface area contributed by atoms with E-state index in [1.54, 1.807) is 6.92 Å². The molecule has 1 aromatic heterocycles. The second-order valence-electron chi connectivity index (χ2n) is 6.44. The van der Waals surface area contributed by atoms with Gasteiger partial charge in [0, 0.05) is 11.3 Å². The number of hydrogen-bond donors (Lipinski definition) is 3. The summed E-state index contributed by atoms with van der Waals surface area (Å²) in [4.78, 5) is 16.2. The van der Waals surface area contributed by atoms with Crippen LogP contribution >= 0.6 is 12.2 Å². The molecule has 0 saturated heterocycles. The molecule has 1 heterocycles. The van der Waals surface area contributed by atoms with Gasteiger partial charge in [-0.1, -0.05) is 0 Å². The van der Waals surface area contributed by atoms with E-state index in [1.807, 2.05) is 45.0 Å². The Morgan fingerprint density at radius 3 is 2.52 bits per heavy atom. The smallest absolute Gasteiger partial charge is 0.407 e. The Labute approximate surface area is 151 Å². The molecule has 0 aliphatic carbocycles. The van der Waals surface area contributed by atoms with Crippen LogP contribution in [0.1, 0.15) is 32.2 Å². The highest BCUT2D eigenvalue weighted by Gasteiger charge is 2.17. The Morgan fingerprint density at radius 2 is 1.96 bits per heavy atom. The molecule has 7 nitrogen and oxygen atoms in total. The maximum Gasteiger partial charge on any atom is 0.407 e. The first-order chi connectivity index (χ1) is 11.6. The summed E-state index contributed by atoms with van der Waals surface area (Å²) in [6.07, 6.45) is -0.496. The molecule has 0 radical (unpaired) electrons. The van der Waals surface area contributed by atoms with Gasteiger partial charge in [-0.15, -0.1) is 0 Å². The average Bonchev–Trinajstić information content (AvgIpc) is 2.85. The van der Waals surface area contributed by atoms with Gasteiger partial charge in [-0.2, -0.15) is 0 Å². The van der Waals surface area contributed by atoms with E-state index in [0.717, 1.165) is 11.3 Å². The number of carbonyl (C=O) groups is 1. The average molecular weight is 362 g/mol. The highest BCUT2D eigenvalue weighted by molar-refractivity contribution is 7.80. The van der Waals surface area contributed by atoms with Crippen molar-refractivity contribution in [2.45, 2.75) is 39.8 Å². The lowest BCUT2D eigenvalue weighted by Crippen LogP contribution is -2.32. The molecule has 0 unspecified atom stereocenters. The number of nitrogens with two attached hydrogens (primary N) is 1. The Balaban J connectivity index is 2.04. The number of aryl methyl sites for hydroxylation is 1. The third kappa shape index (κ3) is 5.75. The van der Waals surface area contributed by atoms with Gasteiger partial charge < -0.3 is 25.5 Å². The third-order valence-corrected chi connectivity index (χ3v) is 3.19. The number of alkyl carbamates (subject to hydrolysis) is 1. The largest absolute Gasteiger partial charge is 0.444 e. The van der Waals surface area contributed by atoms with Crippen molar-refractivity contribution in [3.05, 3.63) is 35.7 Å².